The highest BCUT2D eigenvalue weighted by Crippen LogP contribution is 2.18. The average Bonchev–Trinajstić information content (AvgIpc) is 3.32. The number of carbonyl (C=O) groups is 1. The first-order valence-corrected chi connectivity index (χ1v) is 8.71. The van der Waals surface area contributed by atoms with E-state index in [0.29, 0.717) is 11.5 Å². The zero-order chi connectivity index (χ0) is 17.1. The molecule has 0 atom stereocenters. The number of rotatable bonds is 5. The number of amides is 1. The highest BCUT2D eigenvalue weighted by atomic mass is 16.2. The fraction of sp³-hybridized carbons (Fsp3) is 0.316. The molecule has 1 aromatic carbocycles. The third-order valence-electron chi connectivity index (χ3n) is 4.64. The molecule has 0 saturated carbocycles. The number of fused-ring (bicyclic) bond motifs is 1. The number of aromatic nitrogens is 3. The van der Waals surface area contributed by atoms with E-state index in [-0.39, 0.29) is 5.91 Å². The van der Waals surface area contributed by atoms with Gasteiger partial charge in [-0.3, -0.25) is 4.79 Å². The van der Waals surface area contributed by atoms with Gasteiger partial charge in [0.25, 0.3) is 5.91 Å². The topological polar surface area (TPSA) is 73.9 Å². The van der Waals surface area contributed by atoms with E-state index in [4.69, 9.17) is 0 Å². The first kappa shape index (κ1) is 15.6. The molecule has 0 bridgehead atoms. The lowest BCUT2D eigenvalue weighted by Crippen LogP contribution is -2.27. The molecule has 4 rings (SSSR count). The Hall–Kier alpha value is -2.89. The number of benzene rings is 1. The number of hydrogen-bond donors (Lipinski definition) is 2. The largest absolute Gasteiger partial charge is 0.361 e. The van der Waals surface area contributed by atoms with Gasteiger partial charge in [-0.05, 0) is 30.9 Å². The van der Waals surface area contributed by atoms with Crippen molar-refractivity contribution in [1.29, 1.82) is 0 Å². The van der Waals surface area contributed by atoms with E-state index < -0.39 is 0 Å². The minimum atomic E-state index is 0.0304. The monoisotopic (exact) mass is 335 g/mol. The molecule has 1 fully saturated rings. The van der Waals surface area contributed by atoms with Crippen molar-refractivity contribution in [3.8, 4) is 0 Å². The predicted molar refractivity (Wildman–Crippen MR) is 97.7 cm³/mol. The molecule has 0 unspecified atom stereocenters. The van der Waals surface area contributed by atoms with Crippen LogP contribution in [0.1, 0.15) is 28.8 Å². The Balaban J connectivity index is 1.34. The smallest absolute Gasteiger partial charge is 0.256 e. The number of nitrogens with zero attached hydrogens (tertiary/aromatic N) is 3. The van der Waals surface area contributed by atoms with Crippen LogP contribution >= 0.6 is 0 Å². The summed E-state index contributed by atoms with van der Waals surface area (Å²) in [4.78, 5) is 26.0. The van der Waals surface area contributed by atoms with E-state index in [1.54, 1.807) is 12.4 Å². The highest BCUT2D eigenvalue weighted by molar-refractivity contribution is 5.93. The molecule has 1 aliphatic rings. The van der Waals surface area contributed by atoms with Gasteiger partial charge in [-0.25, -0.2) is 9.97 Å². The first-order valence-electron chi connectivity index (χ1n) is 8.71. The Morgan fingerprint density at radius 2 is 1.92 bits per heavy atom. The zero-order valence-corrected chi connectivity index (χ0v) is 14.0. The third-order valence-corrected chi connectivity index (χ3v) is 4.64. The van der Waals surface area contributed by atoms with Crippen molar-refractivity contribution in [3.05, 3.63) is 54.0 Å². The lowest BCUT2D eigenvalue weighted by Gasteiger charge is -2.14. The van der Waals surface area contributed by atoms with Crippen LogP contribution in [0.15, 0.2) is 42.9 Å². The average molecular weight is 335 g/mol. The second-order valence-electron chi connectivity index (χ2n) is 6.33. The normalized spacial score (nSPS) is 14.2. The van der Waals surface area contributed by atoms with Gasteiger partial charge in [0.2, 0.25) is 5.95 Å². The van der Waals surface area contributed by atoms with Gasteiger partial charge >= 0.3 is 0 Å². The summed E-state index contributed by atoms with van der Waals surface area (Å²) >= 11 is 0. The number of likely N-dealkylation sites (tertiary alicyclic amines) is 1. The summed E-state index contributed by atoms with van der Waals surface area (Å²) in [7, 11) is 0. The van der Waals surface area contributed by atoms with E-state index in [9.17, 15) is 4.79 Å². The Labute approximate surface area is 146 Å². The van der Waals surface area contributed by atoms with Crippen LogP contribution in [0.25, 0.3) is 10.9 Å². The van der Waals surface area contributed by atoms with Crippen molar-refractivity contribution in [2.24, 2.45) is 0 Å². The minimum Gasteiger partial charge on any atom is -0.361 e. The molecule has 0 aliphatic carbocycles. The lowest BCUT2D eigenvalue weighted by molar-refractivity contribution is 0.0792. The number of nitrogens with one attached hydrogen (secondary N) is 2. The number of para-hydroxylation sites is 1. The van der Waals surface area contributed by atoms with Gasteiger partial charge in [0.05, 0.1) is 5.56 Å². The summed E-state index contributed by atoms with van der Waals surface area (Å²) in [5.41, 5.74) is 2.98. The van der Waals surface area contributed by atoms with E-state index >= 15 is 0 Å². The van der Waals surface area contributed by atoms with E-state index in [2.05, 4.69) is 32.4 Å². The molecule has 3 heterocycles. The molecule has 1 amide bonds. The summed E-state index contributed by atoms with van der Waals surface area (Å²) < 4.78 is 0. The maximum atomic E-state index is 12.3. The summed E-state index contributed by atoms with van der Waals surface area (Å²) in [6.07, 6.45) is 8.32. The molecule has 0 radical (unpaired) electrons. The second-order valence-corrected chi connectivity index (χ2v) is 6.33. The molecule has 2 aromatic heterocycles. The SMILES string of the molecule is O=C(c1cnc(NCCc2c[nH]c3ccccc23)nc1)N1CCCC1. The van der Waals surface area contributed by atoms with Crippen LogP contribution in [0, 0.1) is 0 Å². The molecule has 2 N–H and O–H groups in total. The molecule has 6 nitrogen and oxygen atoms in total. The first-order chi connectivity index (χ1) is 12.3. The van der Waals surface area contributed by atoms with Gasteiger partial charge in [-0.1, -0.05) is 18.2 Å². The van der Waals surface area contributed by atoms with Gasteiger partial charge in [0.15, 0.2) is 0 Å². The van der Waals surface area contributed by atoms with Crippen molar-refractivity contribution in [3.63, 3.8) is 0 Å². The number of hydrogen-bond acceptors (Lipinski definition) is 4. The third kappa shape index (κ3) is 3.33. The maximum absolute atomic E-state index is 12.3. The lowest BCUT2D eigenvalue weighted by atomic mass is 10.1. The molecule has 1 aliphatic heterocycles. The maximum Gasteiger partial charge on any atom is 0.256 e. The van der Waals surface area contributed by atoms with Crippen molar-refractivity contribution in [2.75, 3.05) is 25.0 Å². The van der Waals surface area contributed by atoms with Gasteiger partial charge in [0.1, 0.15) is 0 Å². The number of H-pyrrole nitrogens is 1. The Bertz CT molecular complexity index is 865. The van der Waals surface area contributed by atoms with Gasteiger partial charge in [-0.2, -0.15) is 0 Å². The second kappa shape index (κ2) is 6.93. The molecule has 1 saturated heterocycles. The van der Waals surface area contributed by atoms with Crippen molar-refractivity contribution in [1.82, 2.24) is 19.9 Å². The summed E-state index contributed by atoms with van der Waals surface area (Å²) in [5.74, 6) is 0.584. The number of carbonyl (C=O) groups excluding carboxylic acids is 1. The van der Waals surface area contributed by atoms with E-state index in [1.807, 2.05) is 23.2 Å². The van der Waals surface area contributed by atoms with Crippen LogP contribution in [-0.4, -0.2) is 45.4 Å². The minimum absolute atomic E-state index is 0.0304. The number of aromatic amines is 1. The molecular weight excluding hydrogens is 314 g/mol. The molecule has 0 spiro atoms. The van der Waals surface area contributed by atoms with Gasteiger partial charge in [-0.15, -0.1) is 0 Å². The Morgan fingerprint density at radius 3 is 2.72 bits per heavy atom. The van der Waals surface area contributed by atoms with Gasteiger partial charge < -0.3 is 15.2 Å². The van der Waals surface area contributed by atoms with Gasteiger partial charge in [0, 0.05) is 49.1 Å². The standard InChI is InChI=1S/C19H21N5O/c25-18(24-9-3-4-10-24)15-12-22-19(23-13-15)20-8-7-14-11-21-17-6-2-1-5-16(14)17/h1-2,5-6,11-13,21H,3-4,7-10H2,(H,20,22,23). The fourth-order valence-corrected chi connectivity index (χ4v) is 3.28. The van der Waals surface area contributed by atoms with Crippen LogP contribution < -0.4 is 5.32 Å². The van der Waals surface area contributed by atoms with Crippen molar-refractivity contribution in [2.45, 2.75) is 19.3 Å². The summed E-state index contributed by atoms with van der Waals surface area (Å²) in [5, 5.41) is 4.47. The van der Waals surface area contributed by atoms with Crippen LogP contribution in [0.2, 0.25) is 0 Å². The Morgan fingerprint density at radius 1 is 1.16 bits per heavy atom. The quantitative estimate of drug-likeness (QED) is 0.752. The highest BCUT2D eigenvalue weighted by Gasteiger charge is 2.19. The summed E-state index contributed by atoms with van der Waals surface area (Å²) in [6.45, 7) is 2.41. The van der Waals surface area contributed by atoms with E-state index in [1.165, 1.54) is 10.9 Å². The van der Waals surface area contributed by atoms with Crippen LogP contribution in [0.5, 0.6) is 0 Å². The van der Waals surface area contributed by atoms with Crippen molar-refractivity contribution < 1.29 is 4.79 Å². The zero-order valence-electron chi connectivity index (χ0n) is 14.0. The molecule has 3 aromatic rings. The van der Waals surface area contributed by atoms with Crippen LogP contribution in [0.3, 0.4) is 0 Å². The Kier molecular flexibility index (Phi) is 4.33. The molecule has 6 heteroatoms. The number of anilines is 1. The molecule has 128 valence electrons. The molecule has 25 heavy (non-hydrogen) atoms. The van der Waals surface area contributed by atoms with Crippen LogP contribution in [0.4, 0.5) is 5.95 Å². The van der Waals surface area contributed by atoms with Crippen LogP contribution in [-0.2, 0) is 6.42 Å². The molecular formula is C19H21N5O. The van der Waals surface area contributed by atoms with Crippen molar-refractivity contribution >= 4 is 22.8 Å². The predicted octanol–water partition coefficient (Wildman–Crippen LogP) is 2.85. The summed E-state index contributed by atoms with van der Waals surface area (Å²) in [6, 6.07) is 8.27. The fourth-order valence-electron chi connectivity index (χ4n) is 3.28. The van der Waals surface area contributed by atoms with E-state index in [0.717, 1.165) is 44.4 Å².